The minimum atomic E-state index is -4.10. The molecule has 0 aliphatic carbocycles. The lowest BCUT2D eigenvalue weighted by atomic mass is 10.1. The van der Waals surface area contributed by atoms with Crippen LogP contribution in [0, 0.1) is 11.6 Å². The minimum absolute atomic E-state index is 0.0927. The number of nitrogens with two attached hydrogens (primary N) is 1. The lowest BCUT2D eigenvalue weighted by molar-refractivity contribution is 0.165. The Kier molecular flexibility index (Phi) is 10.0. The highest BCUT2D eigenvalue weighted by Gasteiger charge is 2.33. The highest BCUT2D eigenvalue weighted by Crippen LogP contribution is 2.34. The summed E-state index contributed by atoms with van der Waals surface area (Å²) < 4.78 is 66.4. The summed E-state index contributed by atoms with van der Waals surface area (Å²) in [5.41, 5.74) is 6.58. The molecule has 1 aliphatic rings. The molecule has 0 unspecified atom stereocenters. The number of hydrogen-bond acceptors (Lipinski definition) is 9. The number of piperidine rings is 1. The van der Waals surface area contributed by atoms with Crippen LogP contribution in [-0.2, 0) is 14.6 Å². The molecule has 1 saturated heterocycles. The van der Waals surface area contributed by atoms with E-state index in [-0.39, 0.29) is 42.7 Å². The average molecular weight is 612 g/mol. The van der Waals surface area contributed by atoms with Gasteiger partial charge < -0.3 is 31.1 Å². The number of likely N-dealkylation sites (tertiary alicyclic amines) is 1. The van der Waals surface area contributed by atoms with Gasteiger partial charge >= 0.3 is 7.60 Å². The molecule has 6 N–H and O–H groups in total. The second kappa shape index (κ2) is 13.3. The van der Waals surface area contributed by atoms with E-state index in [1.54, 1.807) is 18.2 Å². The standard InChI is InChI=1S/C25H32F2N7O5PS/c26-22-6-3-19(17-23(22)27)30-24-7-11-29-25(32-24)31-18-1-4-21(5-2-18)41(38,39)34(14-10-28)20-8-12-33(13-9-20)15-16-40(35,36)37/h1-7,11,17,20H,8-10,12-16,28H2,(H2,35,36,37)(H2,29,30,31,32). The second-order valence-corrected chi connectivity index (χ2v) is 13.2. The maximum atomic E-state index is 13.5. The molecule has 4 rings (SSSR count). The van der Waals surface area contributed by atoms with Crippen molar-refractivity contribution >= 4 is 40.8 Å². The summed E-state index contributed by atoms with van der Waals surface area (Å²) >= 11 is 0. The summed E-state index contributed by atoms with van der Waals surface area (Å²) in [6.07, 6.45) is 2.28. The van der Waals surface area contributed by atoms with Gasteiger partial charge in [0.05, 0.1) is 11.1 Å². The third-order valence-corrected chi connectivity index (χ3v) is 9.33. The predicted molar refractivity (Wildman–Crippen MR) is 151 cm³/mol. The van der Waals surface area contributed by atoms with E-state index in [4.69, 9.17) is 15.5 Å². The molecule has 0 spiro atoms. The van der Waals surface area contributed by atoms with E-state index in [0.717, 1.165) is 12.1 Å². The van der Waals surface area contributed by atoms with Crippen molar-refractivity contribution in [2.75, 3.05) is 49.5 Å². The summed E-state index contributed by atoms with van der Waals surface area (Å²) in [5.74, 6) is -1.42. The Morgan fingerprint density at radius 2 is 1.71 bits per heavy atom. The maximum absolute atomic E-state index is 13.5. The molecule has 0 saturated carbocycles. The second-order valence-electron chi connectivity index (χ2n) is 9.53. The van der Waals surface area contributed by atoms with Gasteiger partial charge in [-0.1, -0.05) is 0 Å². The van der Waals surface area contributed by atoms with Crippen LogP contribution in [-0.4, -0.2) is 82.3 Å². The fourth-order valence-corrected chi connectivity index (χ4v) is 6.76. The summed E-state index contributed by atoms with van der Waals surface area (Å²) in [6.45, 7) is 1.58. The summed E-state index contributed by atoms with van der Waals surface area (Å²) in [6, 6.07) is 10.8. The highest BCUT2D eigenvalue weighted by molar-refractivity contribution is 7.89. The Labute approximate surface area is 236 Å². The highest BCUT2D eigenvalue weighted by atomic mass is 32.2. The zero-order chi connectivity index (χ0) is 29.6. The fraction of sp³-hybridized carbons (Fsp3) is 0.360. The fourth-order valence-electron chi connectivity index (χ4n) is 4.51. The maximum Gasteiger partial charge on any atom is 0.326 e. The molecule has 16 heteroatoms. The van der Waals surface area contributed by atoms with Gasteiger partial charge in [0.25, 0.3) is 0 Å². The van der Waals surface area contributed by atoms with Gasteiger partial charge in [-0.25, -0.2) is 22.2 Å². The molecule has 222 valence electrons. The van der Waals surface area contributed by atoms with Crippen LogP contribution >= 0.6 is 7.60 Å². The van der Waals surface area contributed by atoms with Gasteiger partial charge in [-0.15, -0.1) is 0 Å². The molecule has 2 heterocycles. The van der Waals surface area contributed by atoms with Crippen LogP contribution in [0.4, 0.5) is 31.9 Å². The van der Waals surface area contributed by atoms with Gasteiger partial charge in [0.1, 0.15) is 5.82 Å². The van der Waals surface area contributed by atoms with Gasteiger partial charge in [-0.3, -0.25) is 4.57 Å². The van der Waals surface area contributed by atoms with E-state index >= 15 is 0 Å². The minimum Gasteiger partial charge on any atom is -0.340 e. The topological polar surface area (TPSA) is 174 Å². The Morgan fingerprint density at radius 3 is 2.34 bits per heavy atom. The van der Waals surface area contributed by atoms with Crippen molar-refractivity contribution in [3.05, 3.63) is 66.4 Å². The Morgan fingerprint density at radius 1 is 1.02 bits per heavy atom. The molecular formula is C25H32F2N7O5PS. The summed E-state index contributed by atoms with van der Waals surface area (Å²) in [7, 11) is -7.96. The van der Waals surface area contributed by atoms with Crippen LogP contribution in [0.5, 0.6) is 0 Å². The molecule has 0 atom stereocenters. The number of aromatic nitrogens is 2. The number of sulfonamides is 1. The summed E-state index contributed by atoms with van der Waals surface area (Å²) in [4.78, 5) is 28.7. The zero-order valence-corrected chi connectivity index (χ0v) is 23.7. The number of anilines is 4. The number of hydrogen-bond donors (Lipinski definition) is 5. The number of halogens is 2. The number of rotatable bonds is 12. The van der Waals surface area contributed by atoms with Gasteiger partial charge in [0.15, 0.2) is 11.6 Å². The normalized spacial score (nSPS) is 15.3. The Hall–Kier alpha value is -3.04. The molecule has 1 aromatic heterocycles. The van der Waals surface area contributed by atoms with Crippen molar-refractivity contribution in [1.82, 2.24) is 19.2 Å². The first-order valence-electron chi connectivity index (χ1n) is 12.9. The van der Waals surface area contributed by atoms with Crippen molar-refractivity contribution in [2.45, 2.75) is 23.8 Å². The molecule has 0 amide bonds. The van der Waals surface area contributed by atoms with Crippen LogP contribution in [0.2, 0.25) is 0 Å². The van der Waals surface area contributed by atoms with Crippen molar-refractivity contribution in [1.29, 1.82) is 0 Å². The monoisotopic (exact) mass is 611 g/mol. The zero-order valence-electron chi connectivity index (χ0n) is 22.0. The molecule has 0 radical (unpaired) electrons. The number of nitrogens with zero attached hydrogens (tertiary/aromatic N) is 4. The lowest BCUT2D eigenvalue weighted by Crippen LogP contribution is -2.49. The van der Waals surface area contributed by atoms with Crippen LogP contribution in [0.1, 0.15) is 12.8 Å². The SMILES string of the molecule is NCCN(C1CCN(CCP(=O)(O)O)CC1)S(=O)(=O)c1ccc(Nc2nccc(Nc3ccc(F)c(F)c3)n2)cc1. The van der Waals surface area contributed by atoms with Crippen LogP contribution in [0.15, 0.2) is 59.6 Å². The number of benzene rings is 2. The molecule has 1 aliphatic heterocycles. The first-order chi connectivity index (χ1) is 19.4. The van der Waals surface area contributed by atoms with Crippen molar-refractivity contribution < 1.29 is 31.6 Å². The third-order valence-electron chi connectivity index (χ3n) is 6.59. The first kappa shape index (κ1) is 30.9. The molecule has 12 nitrogen and oxygen atoms in total. The van der Waals surface area contributed by atoms with E-state index in [2.05, 4.69) is 20.6 Å². The largest absolute Gasteiger partial charge is 0.340 e. The van der Waals surface area contributed by atoms with Gasteiger partial charge in [0.2, 0.25) is 16.0 Å². The van der Waals surface area contributed by atoms with Crippen molar-refractivity contribution in [3.63, 3.8) is 0 Å². The quantitative estimate of drug-likeness (QED) is 0.191. The predicted octanol–water partition coefficient (Wildman–Crippen LogP) is 2.83. The molecule has 41 heavy (non-hydrogen) atoms. The number of nitrogens with one attached hydrogen (secondary N) is 2. The average Bonchev–Trinajstić information content (AvgIpc) is 2.93. The van der Waals surface area contributed by atoms with Crippen LogP contribution < -0.4 is 16.4 Å². The molecule has 0 bridgehead atoms. The van der Waals surface area contributed by atoms with Gasteiger partial charge in [-0.2, -0.15) is 9.29 Å². The van der Waals surface area contributed by atoms with E-state index in [1.165, 1.54) is 28.7 Å². The Bertz CT molecular complexity index is 1490. The van der Waals surface area contributed by atoms with Crippen LogP contribution in [0.3, 0.4) is 0 Å². The lowest BCUT2D eigenvalue weighted by Gasteiger charge is -2.37. The molecule has 2 aromatic carbocycles. The van der Waals surface area contributed by atoms with E-state index in [0.29, 0.717) is 43.1 Å². The van der Waals surface area contributed by atoms with Crippen molar-refractivity contribution in [3.8, 4) is 0 Å². The summed E-state index contributed by atoms with van der Waals surface area (Å²) in [5, 5.41) is 5.86. The first-order valence-corrected chi connectivity index (χ1v) is 16.1. The van der Waals surface area contributed by atoms with E-state index in [9.17, 15) is 21.8 Å². The van der Waals surface area contributed by atoms with Gasteiger partial charge in [-0.05, 0) is 68.4 Å². The molecule has 3 aromatic rings. The smallest absolute Gasteiger partial charge is 0.326 e. The van der Waals surface area contributed by atoms with Crippen LogP contribution in [0.25, 0.3) is 0 Å². The molecular weight excluding hydrogens is 579 g/mol. The van der Waals surface area contributed by atoms with Gasteiger partial charge in [0, 0.05) is 49.3 Å². The van der Waals surface area contributed by atoms with E-state index < -0.39 is 29.3 Å². The van der Waals surface area contributed by atoms with Crippen molar-refractivity contribution in [2.24, 2.45) is 5.73 Å². The Balaban J connectivity index is 1.40. The molecule has 1 fully saturated rings. The van der Waals surface area contributed by atoms with E-state index in [1.807, 2.05) is 4.90 Å². The third kappa shape index (κ3) is 8.49.